The van der Waals surface area contributed by atoms with Gasteiger partial charge in [0.05, 0.1) is 5.69 Å². The number of nitrogens with zero attached hydrogens (tertiary/aromatic N) is 1. The van der Waals surface area contributed by atoms with Crippen molar-refractivity contribution in [1.29, 1.82) is 0 Å². The van der Waals surface area contributed by atoms with Gasteiger partial charge in [-0.05, 0) is 66.2 Å². The summed E-state index contributed by atoms with van der Waals surface area (Å²) in [4.78, 5) is 2.32. The Morgan fingerprint density at radius 2 is 1.76 bits per heavy atom. The lowest BCUT2D eigenvalue weighted by Crippen LogP contribution is -2.17. The van der Waals surface area contributed by atoms with Gasteiger partial charge in [0.1, 0.15) is 0 Å². The maximum absolute atomic E-state index is 3.72. The van der Waals surface area contributed by atoms with E-state index in [1.54, 1.807) is 0 Å². The van der Waals surface area contributed by atoms with Crippen LogP contribution in [-0.4, -0.2) is 13.1 Å². The molecule has 0 atom stereocenters. The quantitative estimate of drug-likeness (QED) is 0.789. The topological polar surface area (TPSA) is 15.3 Å². The van der Waals surface area contributed by atoms with Crippen molar-refractivity contribution in [2.24, 2.45) is 0 Å². The Bertz CT molecular complexity index is 578. The van der Waals surface area contributed by atoms with E-state index in [9.17, 15) is 0 Å². The van der Waals surface area contributed by atoms with Crippen LogP contribution in [-0.2, 0) is 6.54 Å². The van der Waals surface area contributed by atoms with E-state index in [0.29, 0.717) is 0 Å². The highest BCUT2D eigenvalue weighted by Gasteiger charge is 2.11. The van der Waals surface area contributed by atoms with Gasteiger partial charge in [0.15, 0.2) is 0 Å². The Kier molecular flexibility index (Phi) is 5.83. The van der Waals surface area contributed by atoms with Crippen LogP contribution in [0.25, 0.3) is 0 Å². The largest absolute Gasteiger partial charge is 0.341 e. The first-order valence-electron chi connectivity index (χ1n) is 7.49. The summed E-state index contributed by atoms with van der Waals surface area (Å²) in [5.41, 5.74) is 5.02. The minimum Gasteiger partial charge on any atom is -0.341 e. The highest BCUT2D eigenvalue weighted by atomic mass is 79.9. The van der Waals surface area contributed by atoms with Crippen molar-refractivity contribution >= 4 is 27.3 Å². The van der Waals surface area contributed by atoms with E-state index in [2.05, 4.69) is 89.4 Å². The average Bonchev–Trinajstić information content (AvgIpc) is 2.49. The second-order valence-electron chi connectivity index (χ2n) is 5.15. The minimum absolute atomic E-state index is 0.909. The zero-order valence-corrected chi connectivity index (χ0v) is 14.6. The van der Waals surface area contributed by atoms with Gasteiger partial charge in [-0.2, -0.15) is 0 Å². The van der Waals surface area contributed by atoms with Gasteiger partial charge in [-0.25, -0.2) is 0 Å². The van der Waals surface area contributed by atoms with Gasteiger partial charge in [0.25, 0.3) is 0 Å². The molecule has 0 aliphatic heterocycles. The zero-order valence-electron chi connectivity index (χ0n) is 13.0. The molecule has 21 heavy (non-hydrogen) atoms. The first-order chi connectivity index (χ1) is 10.2. The number of nitrogens with one attached hydrogen (secondary N) is 1. The Hall–Kier alpha value is -1.32. The standard InChI is InChI=1S/C18H23BrN2/c1-4-20-13-15-8-11-18(17(19)12-15)21(5-2)16-9-6-14(3)7-10-16/h6-12,20H,4-5,13H2,1-3H3. The van der Waals surface area contributed by atoms with Gasteiger partial charge in [-0.1, -0.05) is 30.7 Å². The van der Waals surface area contributed by atoms with E-state index in [1.807, 2.05) is 0 Å². The third-order valence-electron chi connectivity index (χ3n) is 3.54. The fourth-order valence-corrected chi connectivity index (χ4v) is 3.01. The number of anilines is 2. The van der Waals surface area contributed by atoms with Crippen LogP contribution in [0.15, 0.2) is 46.9 Å². The summed E-state index contributed by atoms with van der Waals surface area (Å²) in [6.45, 7) is 9.26. The van der Waals surface area contributed by atoms with Crippen LogP contribution < -0.4 is 10.2 Å². The van der Waals surface area contributed by atoms with E-state index < -0.39 is 0 Å². The normalized spacial score (nSPS) is 10.7. The molecule has 2 nitrogen and oxygen atoms in total. The predicted octanol–water partition coefficient (Wildman–Crippen LogP) is 5.03. The molecule has 0 radical (unpaired) electrons. The number of aryl methyl sites for hydroxylation is 1. The molecule has 2 aromatic rings. The van der Waals surface area contributed by atoms with Crippen LogP contribution in [0.2, 0.25) is 0 Å². The van der Waals surface area contributed by atoms with Gasteiger partial charge in [0, 0.05) is 23.2 Å². The predicted molar refractivity (Wildman–Crippen MR) is 95.4 cm³/mol. The van der Waals surface area contributed by atoms with Crippen LogP contribution in [0.4, 0.5) is 11.4 Å². The van der Waals surface area contributed by atoms with Crippen LogP contribution in [0, 0.1) is 6.92 Å². The lowest BCUT2D eigenvalue weighted by Gasteiger charge is -2.25. The Balaban J connectivity index is 2.27. The molecule has 0 bridgehead atoms. The van der Waals surface area contributed by atoms with E-state index >= 15 is 0 Å². The maximum Gasteiger partial charge on any atom is 0.0555 e. The van der Waals surface area contributed by atoms with Gasteiger partial charge in [-0.15, -0.1) is 0 Å². The molecular weight excluding hydrogens is 324 g/mol. The summed E-state index contributed by atoms with van der Waals surface area (Å²) in [6.07, 6.45) is 0. The Morgan fingerprint density at radius 1 is 1.05 bits per heavy atom. The summed E-state index contributed by atoms with van der Waals surface area (Å²) in [5, 5.41) is 3.36. The smallest absolute Gasteiger partial charge is 0.0555 e. The lowest BCUT2D eigenvalue weighted by atomic mass is 10.1. The van der Waals surface area contributed by atoms with Crippen molar-refractivity contribution in [3.63, 3.8) is 0 Å². The van der Waals surface area contributed by atoms with Crippen molar-refractivity contribution < 1.29 is 0 Å². The third kappa shape index (κ3) is 4.08. The van der Waals surface area contributed by atoms with Crippen molar-refractivity contribution in [2.75, 3.05) is 18.0 Å². The van der Waals surface area contributed by atoms with Gasteiger partial charge in [-0.3, -0.25) is 0 Å². The monoisotopic (exact) mass is 346 g/mol. The molecule has 0 aliphatic rings. The fraction of sp³-hybridized carbons (Fsp3) is 0.333. The van der Waals surface area contributed by atoms with Crippen molar-refractivity contribution in [2.45, 2.75) is 27.3 Å². The van der Waals surface area contributed by atoms with Crippen LogP contribution in [0.3, 0.4) is 0 Å². The second-order valence-corrected chi connectivity index (χ2v) is 6.00. The molecule has 0 fully saturated rings. The van der Waals surface area contributed by atoms with E-state index in [-0.39, 0.29) is 0 Å². The van der Waals surface area contributed by atoms with Crippen molar-refractivity contribution in [1.82, 2.24) is 5.32 Å². The molecule has 1 N–H and O–H groups in total. The number of halogens is 1. The minimum atomic E-state index is 0.909. The van der Waals surface area contributed by atoms with Crippen molar-refractivity contribution in [3.05, 3.63) is 58.1 Å². The fourth-order valence-electron chi connectivity index (χ4n) is 2.37. The summed E-state index contributed by atoms with van der Waals surface area (Å²) >= 11 is 3.72. The summed E-state index contributed by atoms with van der Waals surface area (Å²) in [7, 11) is 0. The zero-order chi connectivity index (χ0) is 15.2. The molecule has 0 spiro atoms. The van der Waals surface area contributed by atoms with Gasteiger partial charge < -0.3 is 10.2 Å². The molecule has 0 saturated heterocycles. The molecule has 2 aromatic carbocycles. The Labute approximate surface area is 136 Å². The molecule has 0 aliphatic carbocycles. The first kappa shape index (κ1) is 16.1. The molecule has 0 aromatic heterocycles. The maximum atomic E-state index is 3.72. The molecule has 112 valence electrons. The molecule has 2 rings (SSSR count). The Morgan fingerprint density at radius 3 is 2.33 bits per heavy atom. The van der Waals surface area contributed by atoms with E-state index in [4.69, 9.17) is 0 Å². The molecule has 0 unspecified atom stereocenters. The summed E-state index contributed by atoms with van der Waals surface area (Å²) in [6, 6.07) is 15.3. The van der Waals surface area contributed by atoms with E-state index in [1.165, 1.54) is 22.5 Å². The SMILES string of the molecule is CCNCc1ccc(N(CC)c2ccc(C)cc2)c(Br)c1. The number of hydrogen-bond donors (Lipinski definition) is 1. The third-order valence-corrected chi connectivity index (χ3v) is 4.18. The molecule has 0 saturated carbocycles. The molecule has 0 amide bonds. The number of hydrogen-bond acceptors (Lipinski definition) is 2. The van der Waals surface area contributed by atoms with Gasteiger partial charge in [0.2, 0.25) is 0 Å². The first-order valence-corrected chi connectivity index (χ1v) is 8.28. The van der Waals surface area contributed by atoms with E-state index in [0.717, 1.165) is 24.1 Å². The summed E-state index contributed by atoms with van der Waals surface area (Å²) in [5.74, 6) is 0. The average molecular weight is 347 g/mol. The molecule has 3 heteroatoms. The lowest BCUT2D eigenvalue weighted by molar-refractivity contribution is 0.726. The van der Waals surface area contributed by atoms with Crippen molar-refractivity contribution in [3.8, 4) is 0 Å². The summed E-state index contributed by atoms with van der Waals surface area (Å²) < 4.78 is 1.14. The number of benzene rings is 2. The second kappa shape index (κ2) is 7.62. The highest BCUT2D eigenvalue weighted by Crippen LogP contribution is 2.32. The molecule has 0 heterocycles. The molecular formula is C18H23BrN2. The van der Waals surface area contributed by atoms with Crippen LogP contribution in [0.5, 0.6) is 0 Å². The van der Waals surface area contributed by atoms with Crippen LogP contribution >= 0.6 is 15.9 Å². The number of rotatable bonds is 6. The van der Waals surface area contributed by atoms with Gasteiger partial charge >= 0.3 is 0 Å². The van der Waals surface area contributed by atoms with Crippen LogP contribution in [0.1, 0.15) is 25.0 Å². The highest BCUT2D eigenvalue weighted by molar-refractivity contribution is 9.10.